The van der Waals surface area contributed by atoms with Gasteiger partial charge in [-0.25, -0.2) is 9.97 Å². The Balaban J connectivity index is 1.50. The Hall–Kier alpha value is -2.14. The summed E-state index contributed by atoms with van der Waals surface area (Å²) in [7, 11) is 0. The first kappa shape index (κ1) is 13.5. The molecule has 0 saturated carbocycles. The molecule has 0 bridgehead atoms. The van der Waals surface area contributed by atoms with Crippen molar-refractivity contribution >= 4 is 11.6 Å². The third-order valence-electron chi connectivity index (χ3n) is 4.58. The molecular weight excluding hydrogens is 274 g/mol. The second-order valence-electron chi connectivity index (χ2n) is 5.86. The number of anilines is 2. The Morgan fingerprint density at radius 3 is 2.50 bits per heavy atom. The molecule has 0 atom stereocenters. The highest BCUT2D eigenvalue weighted by Gasteiger charge is 2.22. The molecule has 0 spiro atoms. The van der Waals surface area contributed by atoms with Gasteiger partial charge in [0.25, 0.3) is 0 Å². The van der Waals surface area contributed by atoms with Crippen molar-refractivity contribution in [3.63, 3.8) is 0 Å². The van der Waals surface area contributed by atoms with Crippen LogP contribution in [0, 0.1) is 0 Å². The van der Waals surface area contributed by atoms with Gasteiger partial charge in [-0.1, -0.05) is 12.1 Å². The van der Waals surface area contributed by atoms with E-state index in [9.17, 15) is 0 Å². The van der Waals surface area contributed by atoms with Crippen molar-refractivity contribution in [1.29, 1.82) is 0 Å². The summed E-state index contributed by atoms with van der Waals surface area (Å²) >= 11 is 0. The maximum atomic E-state index is 4.36. The normalized spacial score (nSPS) is 18.2. The number of nitrogens with zero attached hydrogens (tertiary/aromatic N) is 4. The number of aromatic nitrogens is 2. The predicted octanol–water partition coefficient (Wildman–Crippen LogP) is 1.45. The molecule has 0 aliphatic carbocycles. The molecule has 22 heavy (non-hydrogen) atoms. The molecule has 3 heterocycles. The average molecular weight is 295 g/mol. The van der Waals surface area contributed by atoms with E-state index in [1.807, 2.05) is 18.5 Å². The second kappa shape index (κ2) is 5.93. The van der Waals surface area contributed by atoms with E-state index in [2.05, 4.69) is 43.3 Å². The van der Waals surface area contributed by atoms with Gasteiger partial charge in [0.2, 0.25) is 5.95 Å². The standard InChI is InChI=1S/C17H21N5/c1-3-14-5-8-18-13-15(14)16(4-1)21-9-11-22(12-10-21)17-19-6-2-7-20-17/h1-4,6-7,18H,5,8-13H2. The van der Waals surface area contributed by atoms with Crippen LogP contribution in [0.2, 0.25) is 0 Å². The van der Waals surface area contributed by atoms with Gasteiger partial charge in [0, 0.05) is 50.8 Å². The van der Waals surface area contributed by atoms with Crippen LogP contribution in [0.4, 0.5) is 11.6 Å². The number of rotatable bonds is 2. The summed E-state index contributed by atoms with van der Waals surface area (Å²) in [6.07, 6.45) is 4.77. The third-order valence-corrected chi connectivity index (χ3v) is 4.58. The molecule has 0 radical (unpaired) electrons. The van der Waals surface area contributed by atoms with Gasteiger partial charge < -0.3 is 15.1 Å². The molecule has 1 fully saturated rings. The summed E-state index contributed by atoms with van der Waals surface area (Å²) in [6.45, 7) is 6.08. The topological polar surface area (TPSA) is 44.3 Å². The van der Waals surface area contributed by atoms with E-state index < -0.39 is 0 Å². The molecule has 2 aromatic rings. The summed E-state index contributed by atoms with van der Waals surface area (Å²) in [6, 6.07) is 8.60. The smallest absolute Gasteiger partial charge is 0.225 e. The van der Waals surface area contributed by atoms with Gasteiger partial charge in [-0.2, -0.15) is 0 Å². The number of nitrogens with one attached hydrogen (secondary N) is 1. The zero-order valence-electron chi connectivity index (χ0n) is 12.7. The first-order valence-electron chi connectivity index (χ1n) is 8.00. The Bertz CT molecular complexity index is 635. The quantitative estimate of drug-likeness (QED) is 0.908. The van der Waals surface area contributed by atoms with E-state index in [0.29, 0.717) is 0 Å². The van der Waals surface area contributed by atoms with Crippen LogP contribution >= 0.6 is 0 Å². The molecule has 5 nitrogen and oxygen atoms in total. The fourth-order valence-electron chi connectivity index (χ4n) is 3.39. The van der Waals surface area contributed by atoms with Crippen molar-refractivity contribution in [2.75, 3.05) is 42.5 Å². The Morgan fingerprint density at radius 1 is 0.909 bits per heavy atom. The summed E-state index contributed by atoms with van der Waals surface area (Å²) in [5, 5.41) is 3.50. The minimum Gasteiger partial charge on any atom is -0.368 e. The highest BCUT2D eigenvalue weighted by atomic mass is 15.3. The molecule has 114 valence electrons. The highest BCUT2D eigenvalue weighted by molar-refractivity contribution is 5.58. The van der Waals surface area contributed by atoms with Crippen LogP contribution in [0.3, 0.4) is 0 Å². The number of benzene rings is 1. The molecule has 2 aliphatic rings. The molecule has 1 aromatic carbocycles. The van der Waals surface area contributed by atoms with E-state index in [1.54, 1.807) is 0 Å². The summed E-state index contributed by atoms with van der Waals surface area (Å²) in [5.74, 6) is 0.846. The first-order valence-corrected chi connectivity index (χ1v) is 8.00. The minimum atomic E-state index is 0.846. The van der Waals surface area contributed by atoms with Crippen molar-refractivity contribution in [3.8, 4) is 0 Å². The van der Waals surface area contributed by atoms with Crippen LogP contribution in [0.5, 0.6) is 0 Å². The summed E-state index contributed by atoms with van der Waals surface area (Å²) in [5.41, 5.74) is 4.39. The lowest BCUT2D eigenvalue weighted by atomic mass is 9.98. The average Bonchev–Trinajstić information content (AvgIpc) is 2.62. The van der Waals surface area contributed by atoms with Crippen LogP contribution in [0.25, 0.3) is 0 Å². The van der Waals surface area contributed by atoms with Crippen molar-refractivity contribution in [2.24, 2.45) is 0 Å². The number of hydrogen-bond donors (Lipinski definition) is 1. The van der Waals surface area contributed by atoms with Gasteiger partial charge in [0.05, 0.1) is 0 Å². The molecule has 1 saturated heterocycles. The zero-order chi connectivity index (χ0) is 14.8. The van der Waals surface area contributed by atoms with Gasteiger partial charge >= 0.3 is 0 Å². The SMILES string of the molecule is c1cnc(N2CCN(c3cccc4c3CNCC4)CC2)nc1. The molecule has 1 N–H and O–H groups in total. The fourth-order valence-corrected chi connectivity index (χ4v) is 3.39. The fraction of sp³-hybridized carbons (Fsp3) is 0.412. The highest BCUT2D eigenvalue weighted by Crippen LogP contribution is 2.27. The molecule has 0 unspecified atom stereocenters. The first-order chi connectivity index (χ1) is 10.9. The minimum absolute atomic E-state index is 0.846. The molecule has 5 heteroatoms. The van der Waals surface area contributed by atoms with Gasteiger partial charge in [0.1, 0.15) is 0 Å². The molecular formula is C17H21N5. The van der Waals surface area contributed by atoms with Crippen molar-refractivity contribution in [3.05, 3.63) is 47.8 Å². The van der Waals surface area contributed by atoms with E-state index in [-0.39, 0.29) is 0 Å². The Labute approximate surface area is 131 Å². The van der Waals surface area contributed by atoms with E-state index in [1.165, 1.54) is 16.8 Å². The molecule has 1 aromatic heterocycles. The second-order valence-corrected chi connectivity index (χ2v) is 5.86. The van der Waals surface area contributed by atoms with Gasteiger partial charge in [0.15, 0.2) is 0 Å². The predicted molar refractivity (Wildman–Crippen MR) is 88.3 cm³/mol. The lowest BCUT2D eigenvalue weighted by Crippen LogP contribution is -2.47. The van der Waals surface area contributed by atoms with Crippen LogP contribution in [-0.4, -0.2) is 42.7 Å². The van der Waals surface area contributed by atoms with Crippen molar-refractivity contribution < 1.29 is 0 Å². The van der Waals surface area contributed by atoms with Gasteiger partial charge in [-0.05, 0) is 36.2 Å². The number of fused-ring (bicyclic) bond motifs is 1. The number of piperazine rings is 1. The molecule has 2 aliphatic heterocycles. The summed E-state index contributed by atoms with van der Waals surface area (Å²) < 4.78 is 0. The van der Waals surface area contributed by atoms with Crippen LogP contribution in [0.1, 0.15) is 11.1 Å². The van der Waals surface area contributed by atoms with E-state index >= 15 is 0 Å². The van der Waals surface area contributed by atoms with Crippen LogP contribution in [0.15, 0.2) is 36.7 Å². The number of hydrogen-bond acceptors (Lipinski definition) is 5. The lowest BCUT2D eigenvalue weighted by molar-refractivity contribution is 0.617. The van der Waals surface area contributed by atoms with Gasteiger partial charge in [-0.15, -0.1) is 0 Å². The van der Waals surface area contributed by atoms with Gasteiger partial charge in [-0.3, -0.25) is 0 Å². The third kappa shape index (κ3) is 2.52. The molecule has 4 rings (SSSR count). The van der Waals surface area contributed by atoms with E-state index in [4.69, 9.17) is 0 Å². The van der Waals surface area contributed by atoms with Crippen molar-refractivity contribution in [2.45, 2.75) is 13.0 Å². The van der Waals surface area contributed by atoms with Crippen molar-refractivity contribution in [1.82, 2.24) is 15.3 Å². The van der Waals surface area contributed by atoms with Crippen LogP contribution in [-0.2, 0) is 13.0 Å². The largest absolute Gasteiger partial charge is 0.368 e. The Kier molecular flexibility index (Phi) is 3.64. The maximum absolute atomic E-state index is 4.36. The van der Waals surface area contributed by atoms with Crippen LogP contribution < -0.4 is 15.1 Å². The zero-order valence-corrected chi connectivity index (χ0v) is 12.7. The maximum Gasteiger partial charge on any atom is 0.225 e. The summed E-state index contributed by atoms with van der Waals surface area (Å²) in [4.78, 5) is 13.5. The Morgan fingerprint density at radius 2 is 1.68 bits per heavy atom. The van der Waals surface area contributed by atoms with E-state index in [0.717, 1.165) is 51.6 Å². The molecule has 0 amide bonds. The lowest BCUT2D eigenvalue weighted by Gasteiger charge is -2.37. The monoisotopic (exact) mass is 295 g/mol.